The summed E-state index contributed by atoms with van der Waals surface area (Å²) in [6.07, 6.45) is 7.92. The molecule has 2 unspecified atom stereocenters. The van der Waals surface area contributed by atoms with Gasteiger partial charge in [0, 0.05) is 0 Å². The predicted molar refractivity (Wildman–Crippen MR) is 86.6 cm³/mol. The first-order valence-electron chi connectivity index (χ1n) is 8.05. The summed E-state index contributed by atoms with van der Waals surface area (Å²) in [6, 6.07) is 0. The van der Waals surface area contributed by atoms with Crippen molar-refractivity contribution in [3.63, 3.8) is 0 Å². The van der Waals surface area contributed by atoms with Gasteiger partial charge in [-0.15, -0.1) is 0 Å². The molecule has 0 amide bonds. The summed E-state index contributed by atoms with van der Waals surface area (Å²) in [7, 11) is -1.46. The van der Waals surface area contributed by atoms with Crippen LogP contribution in [0, 0.1) is 11.8 Å². The summed E-state index contributed by atoms with van der Waals surface area (Å²) in [6.45, 7) is 14.7. The number of halogens is 2. The smallest absolute Gasteiger partial charge is 1.00 e. The van der Waals surface area contributed by atoms with Crippen LogP contribution in [-0.4, -0.2) is 8.07 Å². The van der Waals surface area contributed by atoms with Crippen molar-refractivity contribution < 1.29 is 44.0 Å². The fourth-order valence-electron chi connectivity index (χ4n) is 4.33. The molecule has 0 aromatic rings. The summed E-state index contributed by atoms with van der Waals surface area (Å²) < 4.78 is 3.73. The normalized spacial score (nSPS) is 27.7. The Morgan fingerprint density at radius 1 is 0.864 bits per heavy atom. The molecule has 2 atom stereocenters. The SMILES string of the molecule is CCC1C=C2C(C)=[C]1[Ti+2][C]1=C(C)C(=CC1CC)[Si]2(C)C.[Cl-].[Cl-]. The molecule has 4 bridgehead atoms. The number of hydrogen-bond acceptors (Lipinski definition) is 0. The molecule has 22 heavy (non-hydrogen) atoms. The molecule has 0 N–H and O–H groups in total. The Balaban J connectivity index is 0.00000121. The molecule has 1 heterocycles. The van der Waals surface area contributed by atoms with Crippen LogP contribution in [0.1, 0.15) is 40.5 Å². The average molecular weight is 389 g/mol. The van der Waals surface area contributed by atoms with Gasteiger partial charge in [0.15, 0.2) is 0 Å². The van der Waals surface area contributed by atoms with Gasteiger partial charge in [-0.2, -0.15) is 0 Å². The second kappa shape index (κ2) is 7.15. The molecule has 0 saturated carbocycles. The van der Waals surface area contributed by atoms with E-state index in [1.165, 1.54) is 12.8 Å². The Bertz CT molecular complexity index is 546. The molecule has 4 heteroatoms. The maximum absolute atomic E-state index is 2.66. The van der Waals surface area contributed by atoms with E-state index in [-0.39, 0.29) is 44.0 Å². The Morgan fingerprint density at radius 2 is 1.23 bits per heavy atom. The standard InChI is InChI=1S/C18H26Si.2ClH.Ti/c1-7-15-9-13(3)17(11-15)19(5,6)18-12-16(8-2)10-14(18)4;;;/h11-12,15-16H,7-8H2,1-6H3;2*1H;/q;;;+2/p-2. The zero-order valence-electron chi connectivity index (χ0n) is 14.5. The molecule has 3 rings (SSSR count). The van der Waals surface area contributed by atoms with Crippen LogP contribution in [0.4, 0.5) is 0 Å². The Morgan fingerprint density at radius 3 is 1.55 bits per heavy atom. The zero-order valence-corrected chi connectivity index (χ0v) is 18.6. The summed E-state index contributed by atoms with van der Waals surface area (Å²) in [5.74, 6) is 1.55. The number of allylic oxidation sites excluding steroid dienone is 8. The molecular formula is C18H26Cl2SiTi. The van der Waals surface area contributed by atoms with Gasteiger partial charge in [-0.3, -0.25) is 0 Å². The molecule has 0 fully saturated rings. The summed E-state index contributed by atoms with van der Waals surface area (Å²) in [4.78, 5) is 0. The van der Waals surface area contributed by atoms with Crippen molar-refractivity contribution in [1.29, 1.82) is 0 Å². The second-order valence-corrected chi connectivity index (χ2v) is 13.4. The van der Waals surface area contributed by atoms with Crippen LogP contribution in [0.5, 0.6) is 0 Å². The van der Waals surface area contributed by atoms with E-state index < -0.39 is 8.07 Å². The van der Waals surface area contributed by atoms with Crippen molar-refractivity contribution in [2.45, 2.75) is 53.6 Å². The Hall–Kier alpha value is 0.471. The van der Waals surface area contributed by atoms with Crippen LogP contribution in [-0.2, 0) is 19.2 Å². The largest absolute Gasteiger partial charge is 1.00 e. The maximum Gasteiger partial charge on any atom is -1.00 e. The first-order valence-corrected chi connectivity index (χ1v) is 12.6. The van der Waals surface area contributed by atoms with Crippen molar-refractivity contribution in [1.82, 2.24) is 0 Å². The molecule has 0 aromatic heterocycles. The van der Waals surface area contributed by atoms with E-state index in [2.05, 4.69) is 52.9 Å². The van der Waals surface area contributed by atoms with E-state index in [4.69, 9.17) is 0 Å². The molecule has 0 aromatic carbocycles. The van der Waals surface area contributed by atoms with E-state index in [1.807, 2.05) is 7.76 Å². The number of hydrogen-bond donors (Lipinski definition) is 0. The minimum Gasteiger partial charge on any atom is -1.00 e. The van der Waals surface area contributed by atoms with Crippen LogP contribution in [0.25, 0.3) is 0 Å². The average Bonchev–Trinajstić information content (AvgIpc) is 2.91. The summed E-state index contributed by atoms with van der Waals surface area (Å²) >= 11 is -0.0747. The maximum atomic E-state index is 2.66. The molecule has 1 aliphatic heterocycles. The quantitative estimate of drug-likeness (QED) is 0.552. The van der Waals surface area contributed by atoms with Crippen molar-refractivity contribution in [3.05, 3.63) is 41.4 Å². The van der Waals surface area contributed by atoms with E-state index >= 15 is 0 Å². The zero-order chi connectivity index (χ0) is 14.7. The third-order valence-electron chi connectivity index (χ3n) is 5.59. The van der Waals surface area contributed by atoms with Gasteiger partial charge in [0.2, 0.25) is 0 Å². The first-order chi connectivity index (χ1) is 9.41. The number of rotatable bonds is 2. The van der Waals surface area contributed by atoms with E-state index in [0.29, 0.717) is 0 Å². The van der Waals surface area contributed by atoms with E-state index in [9.17, 15) is 0 Å². The van der Waals surface area contributed by atoms with Crippen LogP contribution < -0.4 is 24.8 Å². The number of fused-ring (bicyclic) bond motifs is 2. The van der Waals surface area contributed by atoms with E-state index in [1.54, 1.807) is 21.5 Å². The van der Waals surface area contributed by atoms with Gasteiger partial charge in [-0.1, -0.05) is 0 Å². The molecule has 0 radical (unpaired) electrons. The fraction of sp³-hybridized carbons (Fsp3) is 0.556. The third-order valence-corrected chi connectivity index (χ3v) is 12.5. The monoisotopic (exact) mass is 388 g/mol. The van der Waals surface area contributed by atoms with Gasteiger partial charge in [0.1, 0.15) is 0 Å². The molecule has 2 aliphatic carbocycles. The molecular weight excluding hydrogens is 363 g/mol. The van der Waals surface area contributed by atoms with Crippen molar-refractivity contribution in [2.24, 2.45) is 11.8 Å². The minimum absolute atomic E-state index is 0. The molecule has 0 saturated heterocycles. The van der Waals surface area contributed by atoms with Gasteiger partial charge in [0.25, 0.3) is 0 Å². The van der Waals surface area contributed by atoms with Gasteiger partial charge in [-0.05, 0) is 0 Å². The van der Waals surface area contributed by atoms with Crippen molar-refractivity contribution in [2.75, 3.05) is 0 Å². The molecule has 3 aliphatic rings. The van der Waals surface area contributed by atoms with Gasteiger partial charge in [-0.25, -0.2) is 0 Å². The van der Waals surface area contributed by atoms with Gasteiger partial charge in [0.05, 0.1) is 0 Å². The summed E-state index contributed by atoms with van der Waals surface area (Å²) in [5, 5.41) is 3.54. The topological polar surface area (TPSA) is 0 Å². The summed E-state index contributed by atoms with van der Waals surface area (Å²) in [5.41, 5.74) is 3.42. The van der Waals surface area contributed by atoms with Crippen LogP contribution >= 0.6 is 0 Å². The van der Waals surface area contributed by atoms with Crippen LogP contribution in [0.15, 0.2) is 41.4 Å². The predicted octanol–water partition coefficient (Wildman–Crippen LogP) is -0.642. The minimum atomic E-state index is -1.46. The Kier molecular flexibility index (Phi) is 6.67. The van der Waals surface area contributed by atoms with Crippen molar-refractivity contribution in [3.8, 4) is 0 Å². The third kappa shape index (κ3) is 2.82. The second-order valence-electron chi connectivity index (χ2n) is 7.02. The van der Waals surface area contributed by atoms with Gasteiger partial charge < -0.3 is 24.8 Å². The first kappa shape index (κ1) is 20.5. The van der Waals surface area contributed by atoms with Crippen LogP contribution in [0.3, 0.4) is 0 Å². The van der Waals surface area contributed by atoms with Crippen molar-refractivity contribution >= 4 is 8.07 Å². The molecule has 0 nitrogen and oxygen atoms in total. The van der Waals surface area contributed by atoms with E-state index in [0.717, 1.165) is 11.8 Å². The van der Waals surface area contributed by atoms with Crippen LogP contribution in [0.2, 0.25) is 13.1 Å². The van der Waals surface area contributed by atoms with Gasteiger partial charge >= 0.3 is 134 Å². The molecule has 0 spiro atoms. The fourth-order valence-corrected chi connectivity index (χ4v) is 11.3. The molecule has 120 valence electrons. The Labute approximate surface area is 158 Å².